The highest BCUT2D eigenvalue weighted by Gasteiger charge is 2.23. The van der Waals surface area contributed by atoms with Crippen LogP contribution in [0.4, 0.5) is 0 Å². The molecule has 0 aromatic heterocycles. The molecule has 0 bridgehead atoms. The van der Waals surface area contributed by atoms with Gasteiger partial charge in [-0.05, 0) is 61.2 Å². The van der Waals surface area contributed by atoms with Gasteiger partial charge in [-0.1, -0.05) is 30.3 Å². The van der Waals surface area contributed by atoms with Gasteiger partial charge in [0.25, 0.3) is 0 Å². The van der Waals surface area contributed by atoms with Gasteiger partial charge in [-0.3, -0.25) is 0 Å². The maximum absolute atomic E-state index is 5.88. The molecule has 0 amide bonds. The first-order valence-corrected chi connectivity index (χ1v) is 7.27. The van der Waals surface area contributed by atoms with Crippen molar-refractivity contribution in [2.75, 3.05) is 7.05 Å². The van der Waals surface area contributed by atoms with Crippen LogP contribution in [0.15, 0.2) is 42.5 Å². The smallest absolute Gasteiger partial charge is 0.120 e. The number of ether oxygens (including phenoxy) is 1. The molecule has 0 heterocycles. The molecule has 0 aliphatic heterocycles. The normalized spacial score (nSPS) is 14.3. The van der Waals surface area contributed by atoms with E-state index in [-0.39, 0.29) is 0 Å². The van der Waals surface area contributed by atoms with Crippen molar-refractivity contribution in [3.63, 3.8) is 0 Å². The van der Waals surface area contributed by atoms with Gasteiger partial charge in [-0.2, -0.15) is 0 Å². The molecule has 1 aliphatic carbocycles. The first kappa shape index (κ1) is 13.2. The van der Waals surface area contributed by atoms with Crippen molar-refractivity contribution < 1.29 is 4.74 Å². The summed E-state index contributed by atoms with van der Waals surface area (Å²) in [5.74, 6) is 0.990. The minimum atomic E-state index is 0.448. The van der Waals surface area contributed by atoms with E-state index in [1.165, 1.54) is 35.1 Å². The summed E-state index contributed by atoms with van der Waals surface area (Å²) >= 11 is 0. The number of nitrogens with one attached hydrogen (secondary N) is 1. The first-order valence-electron chi connectivity index (χ1n) is 7.27. The Morgan fingerprint density at radius 3 is 2.70 bits per heavy atom. The Morgan fingerprint density at radius 2 is 2.00 bits per heavy atom. The molecule has 1 aliphatic rings. The first-order chi connectivity index (χ1) is 9.76. The lowest BCUT2D eigenvalue weighted by atomic mass is 9.98. The van der Waals surface area contributed by atoms with Crippen LogP contribution in [0.2, 0.25) is 0 Å². The molecule has 0 saturated heterocycles. The predicted octanol–water partition coefficient (Wildman–Crippen LogP) is 3.92. The third kappa shape index (κ3) is 3.02. The topological polar surface area (TPSA) is 21.3 Å². The number of hydrogen-bond acceptors (Lipinski definition) is 2. The summed E-state index contributed by atoms with van der Waals surface area (Å²) in [6.45, 7) is 3.08. The zero-order chi connectivity index (χ0) is 13.9. The maximum Gasteiger partial charge on any atom is 0.120 e. The number of benzene rings is 2. The molecule has 2 aromatic rings. The molecular weight excluding hydrogens is 246 g/mol. The van der Waals surface area contributed by atoms with Crippen molar-refractivity contribution in [1.82, 2.24) is 5.32 Å². The number of rotatable bonds is 5. The van der Waals surface area contributed by atoms with E-state index in [1.54, 1.807) is 0 Å². The zero-order valence-corrected chi connectivity index (χ0v) is 12.1. The fourth-order valence-electron chi connectivity index (χ4n) is 2.48. The maximum atomic E-state index is 5.88. The van der Waals surface area contributed by atoms with E-state index in [2.05, 4.69) is 48.6 Å². The number of hydrogen-bond donors (Lipinski definition) is 1. The van der Waals surface area contributed by atoms with Gasteiger partial charge in [0.2, 0.25) is 0 Å². The van der Waals surface area contributed by atoms with Crippen LogP contribution in [0.5, 0.6) is 5.75 Å². The average molecular weight is 267 g/mol. The molecule has 2 nitrogen and oxygen atoms in total. The minimum Gasteiger partial charge on any atom is -0.490 e. The van der Waals surface area contributed by atoms with Gasteiger partial charge < -0.3 is 10.1 Å². The van der Waals surface area contributed by atoms with Crippen molar-refractivity contribution in [3.8, 4) is 16.9 Å². The highest BCUT2D eigenvalue weighted by Crippen LogP contribution is 2.31. The van der Waals surface area contributed by atoms with Gasteiger partial charge in [-0.15, -0.1) is 0 Å². The molecule has 0 radical (unpaired) electrons. The monoisotopic (exact) mass is 267 g/mol. The van der Waals surface area contributed by atoms with E-state index in [4.69, 9.17) is 4.74 Å². The molecule has 1 N–H and O–H groups in total. The second kappa shape index (κ2) is 5.68. The van der Waals surface area contributed by atoms with Crippen LogP contribution >= 0.6 is 0 Å². The Labute approximate surface area is 120 Å². The average Bonchev–Trinajstić information content (AvgIpc) is 3.23. The minimum absolute atomic E-state index is 0.448. The van der Waals surface area contributed by atoms with Gasteiger partial charge in [0.15, 0.2) is 0 Å². The summed E-state index contributed by atoms with van der Waals surface area (Å²) in [6.07, 6.45) is 2.84. The predicted molar refractivity (Wildman–Crippen MR) is 83.0 cm³/mol. The second-order valence-electron chi connectivity index (χ2n) is 5.52. The molecule has 1 fully saturated rings. The fraction of sp³-hybridized carbons (Fsp3) is 0.333. The molecule has 2 aromatic carbocycles. The van der Waals surface area contributed by atoms with Crippen molar-refractivity contribution >= 4 is 0 Å². The highest BCUT2D eigenvalue weighted by molar-refractivity contribution is 5.68. The van der Waals surface area contributed by atoms with Crippen LogP contribution in [0, 0.1) is 6.92 Å². The molecule has 0 unspecified atom stereocenters. The van der Waals surface area contributed by atoms with Crippen molar-refractivity contribution in [1.29, 1.82) is 0 Å². The molecule has 104 valence electrons. The van der Waals surface area contributed by atoms with Gasteiger partial charge in [0.1, 0.15) is 5.75 Å². The number of aryl methyl sites for hydroxylation is 1. The molecule has 0 spiro atoms. The standard InChI is InChI=1S/C18H21NO/c1-13-10-14(12-19-2)6-9-18(13)15-4-3-5-17(11-15)20-16-7-8-16/h3-6,9-11,16,19H,7-8,12H2,1-2H3. The van der Waals surface area contributed by atoms with E-state index in [0.29, 0.717) is 6.10 Å². The van der Waals surface area contributed by atoms with Crippen LogP contribution in [-0.4, -0.2) is 13.2 Å². The Hall–Kier alpha value is -1.80. The third-order valence-electron chi connectivity index (χ3n) is 3.64. The lowest BCUT2D eigenvalue weighted by Crippen LogP contribution is -2.05. The molecule has 2 heteroatoms. The fourth-order valence-corrected chi connectivity index (χ4v) is 2.48. The van der Waals surface area contributed by atoms with Crippen molar-refractivity contribution in [2.24, 2.45) is 0 Å². The van der Waals surface area contributed by atoms with Gasteiger partial charge in [0, 0.05) is 6.54 Å². The van der Waals surface area contributed by atoms with Crippen molar-refractivity contribution in [2.45, 2.75) is 32.4 Å². The Morgan fingerprint density at radius 1 is 1.15 bits per heavy atom. The van der Waals surface area contributed by atoms with Crippen molar-refractivity contribution in [3.05, 3.63) is 53.6 Å². The summed E-state index contributed by atoms with van der Waals surface area (Å²) in [5, 5.41) is 3.19. The second-order valence-corrected chi connectivity index (χ2v) is 5.52. The van der Waals surface area contributed by atoms with Gasteiger partial charge in [0.05, 0.1) is 6.10 Å². The summed E-state index contributed by atoms with van der Waals surface area (Å²) in [5.41, 5.74) is 5.14. The van der Waals surface area contributed by atoms with Crippen LogP contribution in [-0.2, 0) is 6.54 Å². The van der Waals surface area contributed by atoms with Crippen LogP contribution in [0.1, 0.15) is 24.0 Å². The quantitative estimate of drug-likeness (QED) is 0.886. The Kier molecular flexibility index (Phi) is 3.75. The Bertz CT molecular complexity index is 602. The molecular formula is C18H21NO. The van der Waals surface area contributed by atoms with Gasteiger partial charge >= 0.3 is 0 Å². The summed E-state index contributed by atoms with van der Waals surface area (Å²) in [7, 11) is 1.97. The highest BCUT2D eigenvalue weighted by atomic mass is 16.5. The van der Waals surface area contributed by atoms with E-state index in [9.17, 15) is 0 Å². The lowest BCUT2D eigenvalue weighted by molar-refractivity contribution is 0.303. The van der Waals surface area contributed by atoms with E-state index < -0.39 is 0 Å². The van der Waals surface area contributed by atoms with E-state index >= 15 is 0 Å². The zero-order valence-electron chi connectivity index (χ0n) is 12.1. The van der Waals surface area contributed by atoms with Crippen LogP contribution in [0.3, 0.4) is 0 Å². The Balaban J connectivity index is 1.87. The molecule has 3 rings (SSSR count). The van der Waals surface area contributed by atoms with Crippen LogP contribution in [0.25, 0.3) is 11.1 Å². The lowest BCUT2D eigenvalue weighted by Gasteiger charge is -2.11. The summed E-state index contributed by atoms with van der Waals surface area (Å²) < 4.78 is 5.88. The van der Waals surface area contributed by atoms with E-state index in [0.717, 1.165) is 12.3 Å². The van der Waals surface area contributed by atoms with E-state index in [1.807, 2.05) is 13.1 Å². The largest absolute Gasteiger partial charge is 0.490 e. The van der Waals surface area contributed by atoms with Crippen LogP contribution < -0.4 is 10.1 Å². The molecule has 0 atom stereocenters. The SMILES string of the molecule is CNCc1ccc(-c2cccc(OC3CC3)c2)c(C)c1. The molecule has 20 heavy (non-hydrogen) atoms. The summed E-state index contributed by atoms with van der Waals surface area (Å²) in [4.78, 5) is 0. The third-order valence-corrected chi connectivity index (χ3v) is 3.64. The van der Waals surface area contributed by atoms with Gasteiger partial charge in [-0.25, -0.2) is 0 Å². The summed E-state index contributed by atoms with van der Waals surface area (Å²) in [6, 6.07) is 15.1. The molecule has 1 saturated carbocycles.